The number of carbonyl (C=O) groups excluding carboxylic acids is 18. The summed E-state index contributed by atoms with van der Waals surface area (Å²) in [5, 5.41) is 13.7. The predicted octanol–water partition coefficient (Wildman–Crippen LogP) is 1.94. The lowest BCUT2D eigenvalue weighted by Gasteiger charge is -2.26. The van der Waals surface area contributed by atoms with Gasteiger partial charge in [-0.1, -0.05) is 0 Å². The number of ether oxygens (including phenoxy) is 8. The van der Waals surface area contributed by atoms with Crippen molar-refractivity contribution in [2.75, 3.05) is 0 Å². The highest BCUT2D eigenvalue weighted by Gasteiger charge is 2.35. The number of aliphatic imine (C=N–C) groups is 1. The molecular formula is C66H115N19O26. The number of nitrogens with one attached hydrogen (secondary N) is 18. The van der Waals surface area contributed by atoms with Crippen molar-refractivity contribution >= 4 is 114 Å². The van der Waals surface area contributed by atoms with Crippen LogP contribution in [0.2, 0.25) is 0 Å². The fraction of sp³-hybridized carbons (Fsp3) is 0.712. The minimum absolute atomic E-state index is 0.639. The van der Waals surface area contributed by atoms with Gasteiger partial charge in [0.1, 0.15) is 75.0 Å². The molecule has 0 radical (unpaired) electrons. The molecule has 18 N–H and O–H groups in total. The van der Waals surface area contributed by atoms with Crippen molar-refractivity contribution in [1.82, 2.24) is 97.0 Å². The van der Waals surface area contributed by atoms with Gasteiger partial charge in [-0.15, -0.1) is 0 Å². The third-order valence-corrected chi connectivity index (χ3v) is 11.8. The van der Waals surface area contributed by atoms with Crippen LogP contribution < -0.4 is 97.0 Å². The molecule has 0 bridgehead atoms. The molecule has 0 spiro atoms. The van der Waals surface area contributed by atoms with E-state index in [0.717, 1.165) is 0 Å². The van der Waals surface area contributed by atoms with E-state index in [0.29, 0.717) is 0 Å². The van der Waals surface area contributed by atoms with E-state index in [4.69, 9.17) is 37.9 Å². The molecule has 5 atom stereocenters. The highest BCUT2D eigenvalue weighted by molar-refractivity contribution is 6.03. The number of alkyl carbamates (subject to hydrolysis) is 2. The summed E-state index contributed by atoms with van der Waals surface area (Å²) in [6.45, 7) is 36.1. The van der Waals surface area contributed by atoms with Crippen LogP contribution >= 0.6 is 0 Å². The second-order valence-corrected chi connectivity index (χ2v) is 32.2. The maximum atomic E-state index is 15.1. The smallest absolute Gasteiger partial charge is 0.426 e. The molecule has 0 aliphatic rings. The summed E-state index contributed by atoms with van der Waals surface area (Å²) in [5.74, 6) is -12.7. The average molecular weight is 1590 g/mol. The fourth-order valence-electron chi connectivity index (χ4n) is 7.78. The molecule has 18 amide bonds. The van der Waals surface area contributed by atoms with E-state index in [1.807, 2.05) is 43.4 Å². The first-order valence-electron chi connectivity index (χ1n) is 34.8. The molecule has 0 rings (SSSR count). The maximum absolute atomic E-state index is 15.1. The van der Waals surface area contributed by atoms with Crippen LogP contribution in [-0.2, 0) is 85.8 Å². The summed E-state index contributed by atoms with van der Waals surface area (Å²) in [6, 6.07) is -9.90. The molecule has 630 valence electrons. The number of hydrogen-bond donors (Lipinski definition) is 18. The SMILES string of the molecule is CC(C)(C)OC(=O)NNC(=O)CC[C@H](NC(=O)CC[C@H](N=C(NC(=O)OC(C)(C)C)NC(=O)OC(C)(C)C)C(=O)N[C@@H](CCC(=O)NNC(=O)OC(C)(C)C)C(=O)N[C@@H](CCC(=O)NNC(=O)OC(C)(C)C)C(=O)NNC(=O)OC(C)(C)C)C(=O)N[C@@H](CCC(=O)NNC(=O)OC(C)(C)C)C(=O)NNC(=O)OC(C)(C)C. The molecule has 0 aromatic rings. The van der Waals surface area contributed by atoms with Crippen LogP contribution in [0.3, 0.4) is 0 Å². The summed E-state index contributed by atoms with van der Waals surface area (Å²) in [6.07, 6.45) is -17.1. The van der Waals surface area contributed by atoms with Crippen LogP contribution in [0.5, 0.6) is 0 Å². The van der Waals surface area contributed by atoms with Gasteiger partial charge in [-0.25, -0.2) is 75.9 Å². The van der Waals surface area contributed by atoms with Gasteiger partial charge < -0.3 is 59.2 Å². The van der Waals surface area contributed by atoms with Crippen molar-refractivity contribution in [1.29, 1.82) is 0 Å². The Morgan fingerprint density at radius 1 is 0.225 bits per heavy atom. The highest BCUT2D eigenvalue weighted by atomic mass is 16.6. The Kier molecular flexibility index (Phi) is 39.7. The van der Waals surface area contributed by atoms with Crippen LogP contribution in [0.25, 0.3) is 0 Å². The van der Waals surface area contributed by atoms with E-state index in [1.165, 1.54) is 166 Å². The molecule has 0 saturated heterocycles. The fourth-order valence-corrected chi connectivity index (χ4v) is 7.78. The zero-order valence-electron chi connectivity index (χ0n) is 67.5. The van der Waals surface area contributed by atoms with E-state index in [-0.39, 0.29) is 0 Å². The first-order chi connectivity index (χ1) is 50.4. The Bertz CT molecular complexity index is 3300. The molecular weight excluding hydrogens is 1470 g/mol. The minimum Gasteiger partial charge on any atom is -0.444 e. The zero-order chi connectivity index (χ0) is 86.0. The van der Waals surface area contributed by atoms with Gasteiger partial charge in [-0.3, -0.25) is 91.1 Å². The van der Waals surface area contributed by atoms with Gasteiger partial charge in [-0.05, 0) is 198 Å². The Hall–Kier alpha value is -11.5. The molecule has 0 aliphatic carbocycles. The van der Waals surface area contributed by atoms with Gasteiger partial charge in [0, 0.05) is 32.1 Å². The normalized spacial score (nSPS) is 13.0. The Balaban J connectivity index is 8.44. The van der Waals surface area contributed by atoms with Gasteiger partial charge in [-0.2, -0.15) is 0 Å². The predicted molar refractivity (Wildman–Crippen MR) is 389 cm³/mol. The lowest BCUT2D eigenvalue weighted by molar-refractivity contribution is -0.134. The minimum atomic E-state index is -2.16. The monoisotopic (exact) mass is 1590 g/mol. The molecule has 45 nitrogen and oxygen atoms in total. The van der Waals surface area contributed by atoms with Gasteiger partial charge in [0.15, 0.2) is 0 Å². The van der Waals surface area contributed by atoms with Crippen LogP contribution in [0.1, 0.15) is 230 Å². The number of amides is 18. The van der Waals surface area contributed by atoms with Crippen molar-refractivity contribution in [2.24, 2.45) is 4.99 Å². The summed E-state index contributed by atoms with van der Waals surface area (Å²) >= 11 is 0. The molecule has 45 heteroatoms. The summed E-state index contributed by atoms with van der Waals surface area (Å²) in [7, 11) is 0. The quantitative estimate of drug-likeness (QED) is 0.0269. The van der Waals surface area contributed by atoms with E-state index in [1.54, 1.807) is 0 Å². The van der Waals surface area contributed by atoms with Gasteiger partial charge in [0.25, 0.3) is 11.8 Å². The average Bonchev–Trinajstić information content (AvgIpc) is 0.863. The van der Waals surface area contributed by atoms with E-state index < -0.39 is 253 Å². The zero-order valence-corrected chi connectivity index (χ0v) is 67.5. The number of nitrogens with zero attached hydrogens (tertiary/aromatic N) is 1. The van der Waals surface area contributed by atoms with Gasteiger partial charge in [0.05, 0.1) is 0 Å². The van der Waals surface area contributed by atoms with Crippen molar-refractivity contribution in [2.45, 2.75) is 305 Å². The Labute approximate surface area is 643 Å². The van der Waals surface area contributed by atoms with Crippen LogP contribution in [-0.4, -0.2) is 189 Å². The molecule has 111 heavy (non-hydrogen) atoms. The lowest BCUT2D eigenvalue weighted by Crippen LogP contribution is -2.57. The standard InChI is InChI=1S/C66H115N19O26/c1-59(2,3)104-51(96)72-50(73-52(97)105-60(4,5)6)71-37(47(93)68-36(27-32-42(88)75-81-54(99)107-62(10,11)12)46(92)70-39(49(95)79-85-58(103)111-66(22,23)24)29-34-44(90)77-83-56(101)109-64(16,17)18)25-30-40(86)67-35(26-31-41(87)74-80-53(98)106-61(7,8)9)45(91)69-38(48(94)78-84-57(102)110-65(19,20)21)28-33-43(89)76-82-55(100)108-63(13,14)15/h35-39H,25-34H2,1-24H3,(H,67,86)(H,68,93)(H,69,91)(H,70,92)(H,74,87)(H,75,88)(H,76,89)(H,77,90)(H,78,94)(H,79,95)(H,80,98)(H,81,99)(H,82,100)(H,83,101)(H,84,102)(H,85,103)(H2,71,72,73,96,97)/t35-,36-,37-,38-,39-/m0/s1. The second-order valence-electron chi connectivity index (χ2n) is 32.2. The van der Waals surface area contributed by atoms with Crippen molar-refractivity contribution in [3.63, 3.8) is 0 Å². The number of rotatable bonds is 25. The van der Waals surface area contributed by atoms with Crippen LogP contribution in [0, 0.1) is 0 Å². The van der Waals surface area contributed by atoms with E-state index in [2.05, 4.69) is 58.6 Å². The lowest BCUT2D eigenvalue weighted by atomic mass is 10.0. The Morgan fingerprint density at radius 3 is 0.667 bits per heavy atom. The number of hydrogen-bond acceptors (Lipinski definition) is 27. The molecule has 0 aromatic carbocycles. The van der Waals surface area contributed by atoms with Gasteiger partial charge >= 0.3 is 48.7 Å². The third-order valence-electron chi connectivity index (χ3n) is 11.8. The summed E-state index contributed by atoms with van der Waals surface area (Å²) < 4.78 is 41.6. The molecule has 0 fully saturated rings. The van der Waals surface area contributed by atoms with Crippen LogP contribution in [0.15, 0.2) is 4.99 Å². The van der Waals surface area contributed by atoms with E-state index in [9.17, 15) is 81.5 Å². The first-order valence-corrected chi connectivity index (χ1v) is 34.8. The molecule has 0 heterocycles. The topological polar surface area (TPSA) is 610 Å². The maximum Gasteiger partial charge on any atom is 0.426 e. The third kappa shape index (κ3) is 53.1. The Morgan fingerprint density at radius 2 is 0.423 bits per heavy atom. The molecule has 0 aliphatic heterocycles. The summed E-state index contributed by atoms with van der Waals surface area (Å²) in [4.78, 5) is 246. The largest absolute Gasteiger partial charge is 0.444 e. The molecule has 0 unspecified atom stereocenters. The van der Waals surface area contributed by atoms with Crippen molar-refractivity contribution in [3.8, 4) is 0 Å². The van der Waals surface area contributed by atoms with Crippen LogP contribution in [0.4, 0.5) is 38.4 Å². The second kappa shape index (κ2) is 44.3. The number of guanidine groups is 1. The van der Waals surface area contributed by atoms with Crippen molar-refractivity contribution in [3.05, 3.63) is 0 Å². The number of carbonyl (C=O) groups is 18. The van der Waals surface area contributed by atoms with Crippen molar-refractivity contribution < 1.29 is 124 Å². The van der Waals surface area contributed by atoms with Gasteiger partial charge in [0.2, 0.25) is 53.2 Å². The number of hydrazine groups is 6. The summed E-state index contributed by atoms with van der Waals surface area (Å²) in [5.41, 5.74) is 15.5. The highest BCUT2D eigenvalue weighted by Crippen LogP contribution is 2.16. The molecule has 0 saturated carbocycles. The van der Waals surface area contributed by atoms with E-state index >= 15 is 4.79 Å². The molecule has 0 aromatic heterocycles. The first kappa shape index (κ1) is 99.5.